The van der Waals surface area contributed by atoms with Gasteiger partial charge in [0.15, 0.2) is 0 Å². The summed E-state index contributed by atoms with van der Waals surface area (Å²) in [5.41, 5.74) is 0.536. The highest BCUT2D eigenvalue weighted by molar-refractivity contribution is 7.79. The van der Waals surface area contributed by atoms with E-state index in [0.717, 1.165) is 10.8 Å². The van der Waals surface area contributed by atoms with Crippen LogP contribution in [0.2, 0.25) is 0 Å². The van der Waals surface area contributed by atoms with E-state index < -0.39 is 16.3 Å². The van der Waals surface area contributed by atoms with Gasteiger partial charge in [0.25, 0.3) is 0 Å². The highest BCUT2D eigenvalue weighted by Gasteiger charge is 2.13. The number of nitrogens with zero attached hydrogens (tertiary/aromatic N) is 1. The Hall–Kier alpha value is -1.70. The van der Waals surface area contributed by atoms with Crippen LogP contribution >= 0.6 is 0 Å². The van der Waals surface area contributed by atoms with Gasteiger partial charge in [0.05, 0.1) is 6.07 Å². The maximum Gasteiger partial charge on any atom is 0.134 e. The van der Waals surface area contributed by atoms with Crippen molar-refractivity contribution < 1.29 is 8.76 Å². The Morgan fingerprint density at radius 1 is 1.19 bits per heavy atom. The molecule has 0 heterocycles. The molecule has 0 saturated carbocycles. The molecule has 2 rings (SSSR count). The molecule has 0 aromatic heterocycles. The first-order chi connectivity index (χ1) is 7.74. The smallest absolute Gasteiger partial charge is 0.134 e. The second-order valence-electron chi connectivity index (χ2n) is 3.34. The summed E-state index contributed by atoms with van der Waals surface area (Å²) in [6, 6.07) is 14.5. The third kappa shape index (κ3) is 1.83. The number of hydrogen-bond donors (Lipinski definition) is 0. The average molecular weight is 230 g/mol. The van der Waals surface area contributed by atoms with Crippen molar-refractivity contribution in [1.82, 2.24) is 0 Å². The largest absolute Gasteiger partial charge is 0.771 e. The molecule has 0 aliphatic rings. The van der Waals surface area contributed by atoms with Crippen molar-refractivity contribution in [1.29, 1.82) is 5.26 Å². The quantitative estimate of drug-likeness (QED) is 0.743. The van der Waals surface area contributed by atoms with Crippen LogP contribution in [-0.4, -0.2) is 8.76 Å². The summed E-state index contributed by atoms with van der Waals surface area (Å²) in [7, 11) is 0. The second kappa shape index (κ2) is 4.44. The van der Waals surface area contributed by atoms with Crippen LogP contribution in [0.3, 0.4) is 0 Å². The van der Waals surface area contributed by atoms with Crippen LogP contribution in [0.1, 0.15) is 10.8 Å². The third-order valence-corrected chi connectivity index (χ3v) is 3.16. The summed E-state index contributed by atoms with van der Waals surface area (Å²) < 4.78 is 21.9. The maximum atomic E-state index is 11.0. The van der Waals surface area contributed by atoms with Crippen molar-refractivity contribution in [3.8, 4) is 6.07 Å². The summed E-state index contributed by atoms with van der Waals surface area (Å²) >= 11 is -2.42. The minimum Gasteiger partial charge on any atom is -0.771 e. The Kier molecular flexibility index (Phi) is 3.00. The number of nitriles is 1. The molecule has 0 spiro atoms. The van der Waals surface area contributed by atoms with E-state index in [1.165, 1.54) is 0 Å². The van der Waals surface area contributed by atoms with Crippen molar-refractivity contribution in [2.24, 2.45) is 0 Å². The number of hydrogen-bond acceptors (Lipinski definition) is 3. The maximum absolute atomic E-state index is 11.0. The van der Waals surface area contributed by atoms with Gasteiger partial charge in [-0.2, -0.15) is 5.26 Å². The minimum absolute atomic E-state index is 0.536. The van der Waals surface area contributed by atoms with Crippen LogP contribution < -0.4 is 0 Å². The molecule has 0 saturated heterocycles. The predicted molar refractivity (Wildman–Crippen MR) is 61.2 cm³/mol. The van der Waals surface area contributed by atoms with E-state index in [1.807, 2.05) is 30.3 Å². The molecular weight excluding hydrogens is 222 g/mol. The lowest BCUT2D eigenvalue weighted by Gasteiger charge is -2.14. The van der Waals surface area contributed by atoms with Crippen LogP contribution in [0, 0.1) is 11.3 Å². The number of rotatable bonds is 2. The molecular formula is C12H8NO2S-. The van der Waals surface area contributed by atoms with Gasteiger partial charge in [0.2, 0.25) is 0 Å². The van der Waals surface area contributed by atoms with Crippen molar-refractivity contribution in [2.45, 2.75) is 5.25 Å². The zero-order valence-corrected chi connectivity index (χ0v) is 9.11. The van der Waals surface area contributed by atoms with Crippen molar-refractivity contribution in [3.05, 3.63) is 48.0 Å². The van der Waals surface area contributed by atoms with Crippen molar-refractivity contribution >= 4 is 21.9 Å². The minimum atomic E-state index is -2.42. The molecule has 0 amide bonds. The highest BCUT2D eigenvalue weighted by atomic mass is 32.2. The summed E-state index contributed by atoms with van der Waals surface area (Å²) in [4.78, 5) is 0. The Morgan fingerprint density at radius 3 is 2.56 bits per heavy atom. The first-order valence-electron chi connectivity index (χ1n) is 4.69. The molecule has 0 fully saturated rings. The second-order valence-corrected chi connectivity index (χ2v) is 4.33. The Labute approximate surface area is 95.6 Å². The molecule has 1 unspecified atom stereocenters. The normalized spacial score (nSPS) is 14.2. The molecule has 0 aliphatic carbocycles. The SMILES string of the molecule is N#C[C@@H](c1cccc2ccccc12)S(=O)[O-]. The molecule has 4 heteroatoms. The summed E-state index contributed by atoms with van der Waals surface area (Å²) in [6.45, 7) is 0. The van der Waals surface area contributed by atoms with E-state index in [4.69, 9.17) is 5.26 Å². The highest BCUT2D eigenvalue weighted by Crippen LogP contribution is 2.26. The van der Waals surface area contributed by atoms with E-state index in [9.17, 15) is 8.76 Å². The molecule has 2 aromatic carbocycles. The number of fused-ring (bicyclic) bond motifs is 1. The van der Waals surface area contributed by atoms with Crippen LogP contribution in [0.25, 0.3) is 10.8 Å². The molecule has 80 valence electrons. The molecule has 0 aliphatic heterocycles. The lowest BCUT2D eigenvalue weighted by atomic mass is 10.0. The fourth-order valence-electron chi connectivity index (χ4n) is 1.70. The number of benzene rings is 2. The van der Waals surface area contributed by atoms with Gasteiger partial charge in [-0.15, -0.1) is 0 Å². The molecule has 16 heavy (non-hydrogen) atoms. The first-order valence-corrected chi connectivity index (χ1v) is 5.83. The van der Waals surface area contributed by atoms with E-state index in [0.29, 0.717) is 5.56 Å². The van der Waals surface area contributed by atoms with Crippen LogP contribution in [0.15, 0.2) is 42.5 Å². The molecule has 2 atom stereocenters. The molecule has 0 N–H and O–H groups in total. The summed E-state index contributed by atoms with van der Waals surface area (Å²) in [5.74, 6) is 0. The molecule has 0 radical (unpaired) electrons. The van der Waals surface area contributed by atoms with Gasteiger partial charge < -0.3 is 4.55 Å². The van der Waals surface area contributed by atoms with Gasteiger partial charge in [-0.3, -0.25) is 4.21 Å². The molecule has 3 nitrogen and oxygen atoms in total. The van der Waals surface area contributed by atoms with Gasteiger partial charge in [-0.1, -0.05) is 42.5 Å². The van der Waals surface area contributed by atoms with Gasteiger partial charge in [-0.25, -0.2) is 0 Å². The van der Waals surface area contributed by atoms with Gasteiger partial charge in [0, 0.05) is 0 Å². The average Bonchev–Trinajstić information content (AvgIpc) is 2.30. The summed E-state index contributed by atoms with van der Waals surface area (Å²) in [6.07, 6.45) is 0. The molecule has 0 bridgehead atoms. The lowest BCUT2D eigenvalue weighted by molar-refractivity contribution is 0.532. The lowest BCUT2D eigenvalue weighted by Crippen LogP contribution is -2.03. The van der Waals surface area contributed by atoms with Crippen LogP contribution in [0.4, 0.5) is 0 Å². The zero-order chi connectivity index (χ0) is 11.5. The fourth-order valence-corrected chi connectivity index (χ4v) is 2.19. The molecule has 2 aromatic rings. The first kappa shape index (κ1) is 10.8. The fraction of sp³-hybridized carbons (Fsp3) is 0.0833. The van der Waals surface area contributed by atoms with E-state index in [2.05, 4.69) is 0 Å². The Bertz CT molecular complexity index is 584. The Balaban J connectivity index is 2.69. The van der Waals surface area contributed by atoms with E-state index >= 15 is 0 Å². The van der Waals surface area contributed by atoms with E-state index in [1.54, 1.807) is 18.2 Å². The van der Waals surface area contributed by atoms with Gasteiger partial charge >= 0.3 is 0 Å². The van der Waals surface area contributed by atoms with Crippen LogP contribution in [-0.2, 0) is 11.1 Å². The Morgan fingerprint density at radius 2 is 1.88 bits per heavy atom. The summed E-state index contributed by atoms with van der Waals surface area (Å²) in [5, 5.41) is 9.50. The predicted octanol–water partition coefficient (Wildman–Crippen LogP) is 2.28. The van der Waals surface area contributed by atoms with Crippen LogP contribution in [0.5, 0.6) is 0 Å². The standard InChI is InChI=1S/C12H9NO2S/c13-8-12(16(14)15)11-7-3-5-9-4-1-2-6-10(9)11/h1-7,12H,(H,14,15)/p-1/t12-/m0/s1. The van der Waals surface area contributed by atoms with Gasteiger partial charge in [-0.05, 0) is 27.4 Å². The van der Waals surface area contributed by atoms with Crippen molar-refractivity contribution in [3.63, 3.8) is 0 Å². The van der Waals surface area contributed by atoms with Gasteiger partial charge in [0.1, 0.15) is 5.25 Å². The monoisotopic (exact) mass is 230 g/mol. The topological polar surface area (TPSA) is 63.9 Å². The zero-order valence-electron chi connectivity index (χ0n) is 8.29. The van der Waals surface area contributed by atoms with E-state index in [-0.39, 0.29) is 0 Å². The van der Waals surface area contributed by atoms with Crippen molar-refractivity contribution in [2.75, 3.05) is 0 Å². The third-order valence-electron chi connectivity index (χ3n) is 2.42.